The molecule has 4 heteroatoms. The highest BCUT2D eigenvalue weighted by molar-refractivity contribution is 7.10. The minimum Gasteiger partial charge on any atom is -0.497 e. The second-order valence-corrected chi connectivity index (χ2v) is 8.04. The minimum absolute atomic E-state index is 0.145. The van der Waals surface area contributed by atoms with Crippen molar-refractivity contribution in [2.24, 2.45) is 0 Å². The molecule has 3 aromatic rings. The van der Waals surface area contributed by atoms with E-state index in [-0.39, 0.29) is 5.54 Å². The van der Waals surface area contributed by atoms with E-state index in [9.17, 15) is 0 Å². The van der Waals surface area contributed by atoms with E-state index in [0.29, 0.717) is 0 Å². The van der Waals surface area contributed by atoms with Crippen LogP contribution in [0.15, 0.2) is 60.0 Å². The van der Waals surface area contributed by atoms with Gasteiger partial charge in [-0.3, -0.25) is 4.90 Å². The van der Waals surface area contributed by atoms with Crippen molar-refractivity contribution in [3.63, 3.8) is 0 Å². The second kappa shape index (κ2) is 7.37. The molecule has 4 rings (SSSR count). The lowest BCUT2D eigenvalue weighted by Crippen LogP contribution is -2.48. The highest BCUT2D eigenvalue weighted by Gasteiger charge is 2.40. The highest BCUT2D eigenvalue weighted by atomic mass is 32.1. The Morgan fingerprint density at radius 2 is 1.74 bits per heavy atom. The third kappa shape index (κ3) is 3.24. The molecule has 0 spiro atoms. The predicted molar refractivity (Wildman–Crippen MR) is 111 cm³/mol. The van der Waals surface area contributed by atoms with Crippen molar-refractivity contribution in [1.29, 1.82) is 0 Å². The number of hydrogen-bond acceptors (Lipinski definition) is 4. The lowest BCUT2D eigenvalue weighted by molar-refractivity contribution is 0.120. The molecule has 0 radical (unpaired) electrons. The summed E-state index contributed by atoms with van der Waals surface area (Å²) in [6.07, 6.45) is 1.03. The van der Waals surface area contributed by atoms with Gasteiger partial charge in [-0.1, -0.05) is 24.3 Å². The molecule has 0 amide bonds. The first-order valence-electron chi connectivity index (χ1n) is 9.24. The Kier molecular flexibility index (Phi) is 4.94. The Balaban J connectivity index is 1.74. The standard InChI is InChI=1S/C23H25NO2S/c1-23(22-5-4-14-27-22)21-11-10-20(26-3)15-18(21)12-13-24(23)16-17-6-8-19(25-2)9-7-17/h4-11,14-15H,12-13,16H2,1-3H3. The van der Waals surface area contributed by atoms with E-state index in [2.05, 4.69) is 59.7 Å². The quantitative estimate of drug-likeness (QED) is 0.616. The van der Waals surface area contributed by atoms with Gasteiger partial charge < -0.3 is 9.47 Å². The third-order valence-electron chi connectivity index (χ3n) is 5.65. The SMILES string of the molecule is COc1ccc(CN2CCc3cc(OC)ccc3C2(C)c2cccs2)cc1. The summed E-state index contributed by atoms with van der Waals surface area (Å²) in [5.74, 6) is 1.83. The van der Waals surface area contributed by atoms with E-state index in [1.165, 1.54) is 21.6 Å². The van der Waals surface area contributed by atoms with Crippen molar-refractivity contribution in [3.8, 4) is 11.5 Å². The number of ether oxygens (including phenoxy) is 2. The first-order chi connectivity index (χ1) is 13.1. The van der Waals surface area contributed by atoms with Crippen molar-refractivity contribution >= 4 is 11.3 Å². The number of benzene rings is 2. The van der Waals surface area contributed by atoms with E-state index in [1.54, 1.807) is 14.2 Å². The Morgan fingerprint density at radius 1 is 1.00 bits per heavy atom. The van der Waals surface area contributed by atoms with Crippen LogP contribution < -0.4 is 9.47 Å². The molecule has 0 fully saturated rings. The monoisotopic (exact) mass is 379 g/mol. The van der Waals surface area contributed by atoms with Crippen molar-refractivity contribution in [2.45, 2.75) is 25.4 Å². The molecule has 2 heterocycles. The first-order valence-corrected chi connectivity index (χ1v) is 10.1. The predicted octanol–water partition coefficient (Wildman–Crippen LogP) is 5.09. The first kappa shape index (κ1) is 18.1. The average Bonchev–Trinajstić information content (AvgIpc) is 3.26. The highest BCUT2D eigenvalue weighted by Crippen LogP contribution is 2.44. The number of nitrogens with zero attached hydrogens (tertiary/aromatic N) is 1. The van der Waals surface area contributed by atoms with Gasteiger partial charge in [-0.2, -0.15) is 0 Å². The molecule has 0 bridgehead atoms. The summed E-state index contributed by atoms with van der Waals surface area (Å²) < 4.78 is 10.8. The Morgan fingerprint density at radius 3 is 2.41 bits per heavy atom. The minimum atomic E-state index is -0.145. The smallest absolute Gasteiger partial charge is 0.119 e. The molecular weight excluding hydrogens is 354 g/mol. The molecule has 0 saturated carbocycles. The van der Waals surface area contributed by atoms with Gasteiger partial charge >= 0.3 is 0 Å². The molecule has 0 saturated heterocycles. The zero-order valence-electron chi connectivity index (χ0n) is 16.1. The third-order valence-corrected chi connectivity index (χ3v) is 6.73. The molecule has 0 N–H and O–H groups in total. The largest absolute Gasteiger partial charge is 0.497 e. The van der Waals surface area contributed by atoms with Crippen molar-refractivity contribution in [3.05, 3.63) is 81.5 Å². The molecule has 1 aliphatic heterocycles. The molecule has 1 aromatic heterocycles. The van der Waals surface area contributed by atoms with Gasteiger partial charge in [0.1, 0.15) is 11.5 Å². The van der Waals surface area contributed by atoms with Crippen LogP contribution in [0.4, 0.5) is 0 Å². The molecule has 1 atom stereocenters. The van der Waals surface area contributed by atoms with Gasteiger partial charge in [-0.25, -0.2) is 0 Å². The maximum absolute atomic E-state index is 5.46. The van der Waals surface area contributed by atoms with Crippen LogP contribution in [-0.4, -0.2) is 25.7 Å². The van der Waals surface area contributed by atoms with Crippen LogP contribution in [0.25, 0.3) is 0 Å². The van der Waals surface area contributed by atoms with Gasteiger partial charge in [0.05, 0.1) is 19.8 Å². The van der Waals surface area contributed by atoms with E-state index >= 15 is 0 Å². The fourth-order valence-corrected chi connectivity index (χ4v) is 4.99. The fourth-order valence-electron chi connectivity index (χ4n) is 4.06. The summed E-state index contributed by atoms with van der Waals surface area (Å²) in [4.78, 5) is 3.97. The average molecular weight is 380 g/mol. The molecule has 27 heavy (non-hydrogen) atoms. The number of thiophene rings is 1. The lowest BCUT2D eigenvalue weighted by Gasteiger charge is -2.46. The van der Waals surface area contributed by atoms with Gasteiger partial charge in [0, 0.05) is 18.0 Å². The van der Waals surface area contributed by atoms with Gasteiger partial charge in [-0.05, 0) is 65.7 Å². The molecular formula is C23H25NO2S. The summed E-state index contributed by atoms with van der Waals surface area (Å²) in [5.41, 5.74) is 3.92. The molecule has 0 aliphatic carbocycles. The molecule has 1 aliphatic rings. The van der Waals surface area contributed by atoms with Crippen LogP contribution in [0.3, 0.4) is 0 Å². The zero-order valence-corrected chi connectivity index (χ0v) is 16.9. The van der Waals surface area contributed by atoms with Gasteiger partial charge in [0.25, 0.3) is 0 Å². The van der Waals surface area contributed by atoms with E-state index in [0.717, 1.165) is 31.0 Å². The summed E-state index contributed by atoms with van der Waals surface area (Å²) in [6.45, 7) is 4.28. The Hall–Kier alpha value is -2.30. The normalized spacial score (nSPS) is 19.5. The molecule has 3 nitrogen and oxygen atoms in total. The molecule has 140 valence electrons. The van der Waals surface area contributed by atoms with Gasteiger partial charge in [-0.15, -0.1) is 11.3 Å². The number of methoxy groups -OCH3 is 2. The fraction of sp³-hybridized carbons (Fsp3) is 0.304. The van der Waals surface area contributed by atoms with Crippen molar-refractivity contribution < 1.29 is 9.47 Å². The van der Waals surface area contributed by atoms with Crippen LogP contribution >= 0.6 is 11.3 Å². The zero-order chi connectivity index (χ0) is 18.9. The molecule has 1 unspecified atom stereocenters. The Labute approximate surface area is 165 Å². The van der Waals surface area contributed by atoms with Gasteiger partial charge in [0.15, 0.2) is 0 Å². The van der Waals surface area contributed by atoms with E-state index in [1.807, 2.05) is 23.5 Å². The maximum atomic E-state index is 5.46. The maximum Gasteiger partial charge on any atom is 0.119 e. The number of hydrogen-bond donors (Lipinski definition) is 0. The van der Waals surface area contributed by atoms with Crippen LogP contribution in [0, 0.1) is 0 Å². The number of rotatable bonds is 5. The van der Waals surface area contributed by atoms with Crippen LogP contribution in [0.2, 0.25) is 0 Å². The summed E-state index contributed by atoms with van der Waals surface area (Å²) in [7, 11) is 3.44. The van der Waals surface area contributed by atoms with Crippen LogP contribution in [0.5, 0.6) is 11.5 Å². The summed E-state index contributed by atoms with van der Waals surface area (Å²) in [5, 5.41) is 2.17. The van der Waals surface area contributed by atoms with Crippen LogP contribution in [-0.2, 0) is 18.5 Å². The van der Waals surface area contributed by atoms with Crippen molar-refractivity contribution in [1.82, 2.24) is 4.90 Å². The van der Waals surface area contributed by atoms with E-state index < -0.39 is 0 Å². The topological polar surface area (TPSA) is 21.7 Å². The lowest BCUT2D eigenvalue weighted by atomic mass is 9.80. The number of fused-ring (bicyclic) bond motifs is 1. The summed E-state index contributed by atoms with van der Waals surface area (Å²) in [6, 6.07) is 19.3. The Bertz CT molecular complexity index is 905. The van der Waals surface area contributed by atoms with E-state index in [4.69, 9.17) is 9.47 Å². The molecule has 2 aromatic carbocycles. The second-order valence-electron chi connectivity index (χ2n) is 7.09. The van der Waals surface area contributed by atoms with Crippen LogP contribution in [0.1, 0.15) is 28.5 Å². The van der Waals surface area contributed by atoms with Gasteiger partial charge in [0.2, 0.25) is 0 Å². The van der Waals surface area contributed by atoms with Crippen molar-refractivity contribution in [2.75, 3.05) is 20.8 Å². The summed E-state index contributed by atoms with van der Waals surface area (Å²) >= 11 is 1.83.